The molecule has 0 aliphatic carbocycles. The molecule has 14 heavy (non-hydrogen) atoms. The molecule has 0 amide bonds. The average Bonchev–Trinajstić information content (AvgIpc) is 2.20. The molecule has 1 aromatic rings. The predicted molar refractivity (Wildman–Crippen MR) is 58.8 cm³/mol. The summed E-state index contributed by atoms with van der Waals surface area (Å²) in [6, 6.07) is 3.59. The van der Waals surface area contributed by atoms with Crippen molar-refractivity contribution in [3.05, 3.63) is 27.7 Å². The van der Waals surface area contributed by atoms with Crippen molar-refractivity contribution in [3.8, 4) is 5.75 Å². The fourth-order valence-electron chi connectivity index (χ4n) is 1.18. The Kier molecular flexibility index (Phi) is 3.66. The number of hydrogen-bond donors (Lipinski definition) is 1. The van der Waals surface area contributed by atoms with Gasteiger partial charge in [0.15, 0.2) is 5.78 Å². The number of aryl methyl sites for hydroxylation is 1. The summed E-state index contributed by atoms with van der Waals surface area (Å²) in [5.74, 6) is 0.433. The van der Waals surface area contributed by atoms with E-state index >= 15 is 0 Å². The number of rotatable bonds is 3. The highest BCUT2D eigenvalue weighted by atomic mass is 79.9. The molecule has 0 radical (unpaired) electrons. The number of methoxy groups -OCH3 is 1. The maximum Gasteiger partial charge on any atom is 0.180 e. The van der Waals surface area contributed by atoms with Crippen molar-refractivity contribution in [1.82, 2.24) is 0 Å². The van der Waals surface area contributed by atoms with E-state index in [1.54, 1.807) is 6.07 Å². The van der Waals surface area contributed by atoms with Crippen LogP contribution >= 0.6 is 15.9 Å². The van der Waals surface area contributed by atoms with Gasteiger partial charge < -0.3 is 10.5 Å². The number of ether oxygens (including phenoxy) is 1. The van der Waals surface area contributed by atoms with E-state index in [9.17, 15) is 4.79 Å². The van der Waals surface area contributed by atoms with E-state index in [1.807, 2.05) is 13.0 Å². The van der Waals surface area contributed by atoms with E-state index < -0.39 is 0 Å². The lowest BCUT2D eigenvalue weighted by Crippen LogP contribution is -2.14. The zero-order chi connectivity index (χ0) is 10.7. The van der Waals surface area contributed by atoms with E-state index in [2.05, 4.69) is 15.9 Å². The topological polar surface area (TPSA) is 52.3 Å². The number of ketones is 1. The van der Waals surface area contributed by atoms with Gasteiger partial charge >= 0.3 is 0 Å². The first-order valence-electron chi connectivity index (χ1n) is 4.18. The van der Waals surface area contributed by atoms with Crippen LogP contribution in [-0.4, -0.2) is 19.4 Å². The Bertz CT molecular complexity index is 363. The van der Waals surface area contributed by atoms with Gasteiger partial charge in [0.2, 0.25) is 0 Å². The summed E-state index contributed by atoms with van der Waals surface area (Å²) in [6.07, 6.45) is 0. The first-order chi connectivity index (χ1) is 6.61. The van der Waals surface area contributed by atoms with E-state index in [0.717, 1.165) is 10.0 Å². The molecule has 4 heteroatoms. The number of carbonyl (C=O) groups is 1. The smallest absolute Gasteiger partial charge is 0.180 e. The molecule has 0 atom stereocenters. The Morgan fingerprint density at radius 1 is 1.57 bits per heavy atom. The number of nitrogens with two attached hydrogens (primary N) is 1. The minimum absolute atomic E-state index is 0.00807. The van der Waals surface area contributed by atoms with E-state index in [4.69, 9.17) is 10.5 Å². The van der Waals surface area contributed by atoms with Crippen molar-refractivity contribution < 1.29 is 9.53 Å². The van der Waals surface area contributed by atoms with Gasteiger partial charge in [-0.2, -0.15) is 0 Å². The molecule has 0 heterocycles. The summed E-state index contributed by atoms with van der Waals surface area (Å²) < 4.78 is 5.96. The van der Waals surface area contributed by atoms with Crippen LogP contribution in [0.15, 0.2) is 16.6 Å². The van der Waals surface area contributed by atoms with Gasteiger partial charge in [-0.25, -0.2) is 0 Å². The molecular formula is C10H12BrNO2. The maximum absolute atomic E-state index is 11.4. The van der Waals surface area contributed by atoms with Crippen LogP contribution in [0.25, 0.3) is 0 Å². The Hall–Kier alpha value is -0.870. The summed E-state index contributed by atoms with van der Waals surface area (Å²) in [5.41, 5.74) is 6.84. The fraction of sp³-hybridized carbons (Fsp3) is 0.300. The van der Waals surface area contributed by atoms with Gasteiger partial charge in [0, 0.05) is 0 Å². The molecule has 76 valence electrons. The Balaban J connectivity index is 3.31. The maximum atomic E-state index is 11.4. The largest absolute Gasteiger partial charge is 0.495 e. The fourth-order valence-corrected chi connectivity index (χ4v) is 1.69. The van der Waals surface area contributed by atoms with Crippen LogP contribution in [-0.2, 0) is 0 Å². The molecule has 1 aromatic carbocycles. The molecular weight excluding hydrogens is 246 g/mol. The molecule has 0 aliphatic rings. The van der Waals surface area contributed by atoms with Crippen LogP contribution in [0, 0.1) is 6.92 Å². The van der Waals surface area contributed by atoms with E-state index in [-0.39, 0.29) is 12.3 Å². The second kappa shape index (κ2) is 4.57. The monoisotopic (exact) mass is 257 g/mol. The van der Waals surface area contributed by atoms with E-state index in [1.165, 1.54) is 7.11 Å². The van der Waals surface area contributed by atoms with Gasteiger partial charge in [0.25, 0.3) is 0 Å². The first kappa shape index (κ1) is 11.2. The number of carbonyl (C=O) groups excluding carboxylic acids is 1. The molecule has 0 aliphatic heterocycles. The molecule has 0 spiro atoms. The van der Waals surface area contributed by atoms with E-state index in [0.29, 0.717) is 11.3 Å². The molecule has 0 aromatic heterocycles. The van der Waals surface area contributed by atoms with Crippen LogP contribution in [0.4, 0.5) is 0 Å². The van der Waals surface area contributed by atoms with Gasteiger partial charge in [-0.15, -0.1) is 0 Å². The van der Waals surface area contributed by atoms with Gasteiger partial charge in [-0.05, 0) is 34.5 Å². The van der Waals surface area contributed by atoms with Crippen LogP contribution in [0.1, 0.15) is 15.9 Å². The number of hydrogen-bond acceptors (Lipinski definition) is 3. The third kappa shape index (κ3) is 1.96. The number of benzene rings is 1. The summed E-state index contributed by atoms with van der Waals surface area (Å²) in [7, 11) is 1.53. The van der Waals surface area contributed by atoms with Gasteiger partial charge in [0.1, 0.15) is 5.75 Å². The summed E-state index contributed by atoms with van der Waals surface area (Å²) in [4.78, 5) is 11.4. The third-order valence-corrected chi connectivity index (χ3v) is 2.97. The minimum atomic E-state index is -0.123. The molecule has 0 unspecified atom stereocenters. The van der Waals surface area contributed by atoms with Gasteiger partial charge in [0.05, 0.1) is 23.7 Å². The number of Topliss-reactive ketones (excluding diaryl/α,β-unsaturated/α-hetero) is 1. The van der Waals surface area contributed by atoms with Crippen molar-refractivity contribution in [2.75, 3.05) is 13.7 Å². The highest BCUT2D eigenvalue weighted by Crippen LogP contribution is 2.32. The Morgan fingerprint density at radius 2 is 2.21 bits per heavy atom. The van der Waals surface area contributed by atoms with Crippen LogP contribution < -0.4 is 10.5 Å². The highest BCUT2D eigenvalue weighted by molar-refractivity contribution is 9.10. The lowest BCUT2D eigenvalue weighted by atomic mass is 10.1. The molecule has 3 nitrogen and oxygen atoms in total. The molecule has 0 saturated heterocycles. The second-order valence-corrected chi connectivity index (χ2v) is 3.70. The van der Waals surface area contributed by atoms with Gasteiger partial charge in [-0.1, -0.05) is 6.07 Å². The highest BCUT2D eigenvalue weighted by Gasteiger charge is 2.14. The van der Waals surface area contributed by atoms with Crippen molar-refractivity contribution in [2.45, 2.75) is 6.92 Å². The molecule has 0 fully saturated rings. The minimum Gasteiger partial charge on any atom is -0.495 e. The Labute approximate surface area is 91.4 Å². The standard InChI is InChI=1S/C10H12BrNO2/c1-6-3-4-7(8(13)5-12)10(14-2)9(6)11/h3-4H,5,12H2,1-2H3. The summed E-state index contributed by atoms with van der Waals surface area (Å²) >= 11 is 3.37. The predicted octanol–water partition coefficient (Wildman–Crippen LogP) is 1.91. The molecule has 0 bridgehead atoms. The lowest BCUT2D eigenvalue weighted by Gasteiger charge is -2.10. The second-order valence-electron chi connectivity index (χ2n) is 2.90. The van der Waals surface area contributed by atoms with Crippen LogP contribution in [0.2, 0.25) is 0 Å². The Morgan fingerprint density at radius 3 is 2.71 bits per heavy atom. The SMILES string of the molecule is COc1c(C(=O)CN)ccc(C)c1Br. The number of halogens is 1. The summed E-state index contributed by atoms with van der Waals surface area (Å²) in [6.45, 7) is 1.93. The quantitative estimate of drug-likeness (QED) is 0.842. The van der Waals surface area contributed by atoms with Crippen molar-refractivity contribution in [2.24, 2.45) is 5.73 Å². The molecule has 2 N–H and O–H groups in total. The van der Waals surface area contributed by atoms with Crippen LogP contribution in [0.3, 0.4) is 0 Å². The van der Waals surface area contributed by atoms with Crippen LogP contribution in [0.5, 0.6) is 5.75 Å². The van der Waals surface area contributed by atoms with Crippen molar-refractivity contribution in [3.63, 3.8) is 0 Å². The summed E-state index contributed by atoms with van der Waals surface area (Å²) in [5, 5.41) is 0. The zero-order valence-electron chi connectivity index (χ0n) is 8.13. The lowest BCUT2D eigenvalue weighted by molar-refractivity contribution is 0.0998. The van der Waals surface area contributed by atoms with Gasteiger partial charge in [-0.3, -0.25) is 4.79 Å². The van der Waals surface area contributed by atoms with Crippen molar-refractivity contribution in [1.29, 1.82) is 0 Å². The third-order valence-electron chi connectivity index (χ3n) is 1.98. The normalized spacial score (nSPS) is 10.0. The first-order valence-corrected chi connectivity index (χ1v) is 4.97. The average molecular weight is 258 g/mol. The van der Waals surface area contributed by atoms with Crippen molar-refractivity contribution >= 4 is 21.7 Å². The zero-order valence-corrected chi connectivity index (χ0v) is 9.72. The molecule has 1 rings (SSSR count). The molecule has 0 saturated carbocycles.